The van der Waals surface area contributed by atoms with Crippen molar-refractivity contribution in [3.63, 3.8) is 0 Å². The van der Waals surface area contributed by atoms with Crippen LogP contribution in [0.25, 0.3) is 0 Å². The van der Waals surface area contributed by atoms with Gasteiger partial charge < -0.3 is 0 Å². The van der Waals surface area contributed by atoms with E-state index in [9.17, 15) is 0 Å². The zero-order valence-electron chi connectivity index (χ0n) is 20.0. The van der Waals surface area contributed by atoms with Crippen molar-refractivity contribution < 1.29 is 34.1 Å². The molecule has 6 aromatic carbocycles. The van der Waals surface area contributed by atoms with Crippen molar-refractivity contribution in [1.82, 2.24) is 0 Å². The van der Waals surface area contributed by atoms with Crippen LogP contribution in [0.2, 0.25) is 0 Å². The Kier molecular flexibility index (Phi) is 13.4. The van der Waals surface area contributed by atoms with Crippen molar-refractivity contribution >= 4 is 0 Å². The van der Waals surface area contributed by atoms with Gasteiger partial charge in [0.1, 0.15) is 0 Å². The number of hydrogen-bond donors (Lipinski definition) is 0. The van der Waals surface area contributed by atoms with Crippen LogP contribution in [0.4, 0.5) is 0 Å². The molecule has 0 radical (unpaired) electrons. The normalized spacial score (nSPS) is 11.2. The molecule has 6 aromatic rings. The van der Waals surface area contributed by atoms with Crippen molar-refractivity contribution in [3.8, 4) is 0 Å². The van der Waals surface area contributed by atoms with Gasteiger partial charge in [0, 0.05) is 0 Å². The van der Waals surface area contributed by atoms with Gasteiger partial charge in [0.05, 0.1) is 0 Å². The Hall–Kier alpha value is -3.12. The first-order valence-corrected chi connectivity index (χ1v) is 11.8. The topological polar surface area (TPSA) is 0 Å². The van der Waals surface area contributed by atoms with Crippen LogP contribution >= 0.6 is 0 Å². The first-order valence-electron chi connectivity index (χ1n) is 11.8. The average Bonchev–Trinajstić information content (AvgIpc) is 3.72. The molecule has 0 aliphatic heterocycles. The monoisotopic (exact) mass is 550 g/mol. The fraction of sp³-hybridized carbons (Fsp3) is 0.0588. The standard InChI is InChI=1S/C24H20.2C5H5.2Fe/c1-3-11-19(12-4-1)23(21-15-7-8-16-21)24(22-17-9-10-18-22)20-13-5-2-6-14-20;2*1-2-4-5-3-1;;/h1-18,23-24H;2*1-5H;;/q-2;2*-1;2*+2. The predicted octanol–water partition coefficient (Wildman–Crippen LogP) is 8.89. The first-order chi connectivity index (χ1) is 16.9. The maximum atomic E-state index is 2.25. The van der Waals surface area contributed by atoms with Gasteiger partial charge in [-0.2, -0.15) is 71.8 Å². The molecule has 0 fully saturated rings. The molecule has 0 nitrogen and oxygen atoms in total. The van der Waals surface area contributed by atoms with E-state index in [4.69, 9.17) is 0 Å². The Labute approximate surface area is 237 Å². The van der Waals surface area contributed by atoms with Gasteiger partial charge in [0.2, 0.25) is 0 Å². The summed E-state index contributed by atoms with van der Waals surface area (Å²) in [6.45, 7) is 0. The van der Waals surface area contributed by atoms with Gasteiger partial charge in [-0.1, -0.05) is 71.8 Å². The molecular formula is C34H30Fe2. The Balaban J connectivity index is 0.000000317. The van der Waals surface area contributed by atoms with E-state index in [1.807, 2.05) is 60.7 Å². The molecule has 0 amide bonds. The Morgan fingerprint density at radius 2 is 0.694 bits per heavy atom. The second-order valence-corrected chi connectivity index (χ2v) is 8.14. The van der Waals surface area contributed by atoms with Crippen molar-refractivity contribution in [3.05, 3.63) is 192 Å². The predicted molar refractivity (Wildman–Crippen MR) is 145 cm³/mol. The van der Waals surface area contributed by atoms with Crippen molar-refractivity contribution in [1.29, 1.82) is 0 Å². The molecular weight excluding hydrogens is 520 g/mol. The van der Waals surface area contributed by atoms with Crippen LogP contribution in [0.5, 0.6) is 0 Å². The van der Waals surface area contributed by atoms with Crippen LogP contribution < -0.4 is 0 Å². The molecule has 2 unspecified atom stereocenters. The summed E-state index contributed by atoms with van der Waals surface area (Å²) in [5, 5.41) is 0. The molecule has 0 spiro atoms. The molecule has 0 bridgehead atoms. The Morgan fingerprint density at radius 1 is 0.389 bits per heavy atom. The molecule has 2 atom stereocenters. The van der Waals surface area contributed by atoms with E-state index in [2.05, 4.69) is 109 Å². The van der Waals surface area contributed by atoms with Gasteiger partial charge in [-0.25, -0.2) is 48.5 Å². The van der Waals surface area contributed by atoms with Crippen LogP contribution in [0.1, 0.15) is 34.1 Å². The SMILES string of the molecule is [Fe+2].[Fe+2].c1cc[cH-]c1.c1cc[cH-]c1.c1ccc(C([c-]2cccc2)C(c2ccccc2)[c-]2cccc2)cc1. The van der Waals surface area contributed by atoms with Crippen LogP contribution in [0.15, 0.2) is 170 Å². The summed E-state index contributed by atoms with van der Waals surface area (Å²) in [6, 6.07) is 59.2. The van der Waals surface area contributed by atoms with Crippen LogP contribution in [-0.4, -0.2) is 0 Å². The van der Waals surface area contributed by atoms with Crippen molar-refractivity contribution in [2.75, 3.05) is 0 Å². The second-order valence-electron chi connectivity index (χ2n) is 8.14. The summed E-state index contributed by atoms with van der Waals surface area (Å²) >= 11 is 0. The molecule has 0 aromatic heterocycles. The summed E-state index contributed by atoms with van der Waals surface area (Å²) in [4.78, 5) is 0. The molecule has 0 N–H and O–H groups in total. The Bertz CT molecular complexity index is 1080. The van der Waals surface area contributed by atoms with E-state index >= 15 is 0 Å². The van der Waals surface area contributed by atoms with Gasteiger partial charge in [0.15, 0.2) is 0 Å². The van der Waals surface area contributed by atoms with Crippen molar-refractivity contribution in [2.24, 2.45) is 0 Å². The third kappa shape index (κ3) is 8.52. The molecule has 0 aliphatic rings. The van der Waals surface area contributed by atoms with Gasteiger partial charge in [0.25, 0.3) is 0 Å². The molecule has 2 heteroatoms. The summed E-state index contributed by atoms with van der Waals surface area (Å²) in [7, 11) is 0. The molecule has 0 saturated heterocycles. The molecule has 182 valence electrons. The van der Waals surface area contributed by atoms with E-state index in [1.54, 1.807) is 0 Å². The third-order valence-electron chi connectivity index (χ3n) is 5.86. The average molecular weight is 550 g/mol. The minimum Gasteiger partial charge on any atom is -0.214 e. The fourth-order valence-corrected chi connectivity index (χ4v) is 4.31. The van der Waals surface area contributed by atoms with Crippen LogP contribution in [-0.2, 0) is 34.1 Å². The first kappa shape index (κ1) is 29.1. The van der Waals surface area contributed by atoms with Crippen LogP contribution in [0, 0.1) is 0 Å². The number of hydrogen-bond acceptors (Lipinski definition) is 0. The van der Waals surface area contributed by atoms with E-state index in [1.165, 1.54) is 22.3 Å². The molecule has 36 heavy (non-hydrogen) atoms. The van der Waals surface area contributed by atoms with Gasteiger partial charge in [-0.05, 0) is 11.8 Å². The number of rotatable bonds is 5. The summed E-state index contributed by atoms with van der Waals surface area (Å²) in [5.74, 6) is 0.622. The molecule has 0 saturated carbocycles. The van der Waals surface area contributed by atoms with E-state index in [0.717, 1.165) is 0 Å². The van der Waals surface area contributed by atoms with E-state index in [-0.39, 0.29) is 34.1 Å². The van der Waals surface area contributed by atoms with Gasteiger partial charge >= 0.3 is 34.1 Å². The molecule has 0 heterocycles. The van der Waals surface area contributed by atoms with Gasteiger partial charge in [-0.15, -0.1) is 0 Å². The van der Waals surface area contributed by atoms with E-state index < -0.39 is 0 Å². The summed E-state index contributed by atoms with van der Waals surface area (Å²) in [5.41, 5.74) is 5.46. The van der Waals surface area contributed by atoms with Gasteiger partial charge in [-0.3, -0.25) is 0 Å². The zero-order valence-corrected chi connectivity index (χ0v) is 22.2. The fourth-order valence-electron chi connectivity index (χ4n) is 4.31. The largest absolute Gasteiger partial charge is 2.00 e. The zero-order chi connectivity index (χ0) is 23.3. The molecule has 6 rings (SSSR count). The molecule has 0 aliphatic carbocycles. The minimum absolute atomic E-state index is 0. The minimum atomic E-state index is 0. The Morgan fingerprint density at radius 3 is 0.944 bits per heavy atom. The maximum Gasteiger partial charge on any atom is 2.00 e. The smallest absolute Gasteiger partial charge is 0.214 e. The summed E-state index contributed by atoms with van der Waals surface area (Å²) < 4.78 is 0. The summed E-state index contributed by atoms with van der Waals surface area (Å²) in [6.07, 6.45) is 0. The van der Waals surface area contributed by atoms with Crippen molar-refractivity contribution in [2.45, 2.75) is 11.8 Å². The van der Waals surface area contributed by atoms with E-state index in [0.29, 0.717) is 11.8 Å². The number of benzene rings is 2. The quantitative estimate of drug-likeness (QED) is 0.149. The maximum absolute atomic E-state index is 2.25. The third-order valence-corrected chi connectivity index (χ3v) is 5.86. The van der Waals surface area contributed by atoms with Crippen LogP contribution in [0.3, 0.4) is 0 Å². The second kappa shape index (κ2) is 16.5.